The second-order valence-corrected chi connectivity index (χ2v) is 4.68. The molecule has 0 amide bonds. The Morgan fingerprint density at radius 2 is 2.12 bits per heavy atom. The average Bonchev–Trinajstić information content (AvgIpc) is 2.76. The topological polar surface area (TPSA) is 47.3 Å². The van der Waals surface area contributed by atoms with Crippen LogP contribution in [0.15, 0.2) is 10.6 Å². The maximum absolute atomic E-state index is 5.73. The Bertz CT molecular complexity index is 310. The molecule has 0 saturated carbocycles. The first kappa shape index (κ1) is 14.2. The number of oxazole rings is 1. The standard InChI is InChI=1S/C13H24N2O2/c1-10(2)11(3)12-9-15-13(17-12)5-6-14-7-8-16-4/h9-11,14H,5-8H2,1-4H3. The molecule has 0 aliphatic rings. The fraction of sp³-hybridized carbons (Fsp3) is 0.769. The Kier molecular flexibility index (Phi) is 6.22. The third kappa shape index (κ3) is 4.88. The van der Waals surface area contributed by atoms with Crippen LogP contribution in [0.25, 0.3) is 0 Å². The summed E-state index contributed by atoms with van der Waals surface area (Å²) in [6.07, 6.45) is 2.68. The van der Waals surface area contributed by atoms with Crippen molar-refractivity contribution in [3.63, 3.8) is 0 Å². The molecule has 0 spiro atoms. The van der Waals surface area contributed by atoms with Crippen molar-refractivity contribution in [3.8, 4) is 0 Å². The van der Waals surface area contributed by atoms with Gasteiger partial charge < -0.3 is 14.5 Å². The number of methoxy groups -OCH3 is 1. The van der Waals surface area contributed by atoms with E-state index in [-0.39, 0.29) is 0 Å². The number of ether oxygens (including phenoxy) is 1. The predicted octanol–water partition coefficient (Wildman–Crippen LogP) is 2.21. The minimum atomic E-state index is 0.428. The maximum Gasteiger partial charge on any atom is 0.195 e. The highest BCUT2D eigenvalue weighted by Crippen LogP contribution is 2.23. The molecule has 17 heavy (non-hydrogen) atoms. The maximum atomic E-state index is 5.73. The lowest BCUT2D eigenvalue weighted by atomic mass is 9.96. The molecule has 4 nitrogen and oxygen atoms in total. The van der Waals surface area contributed by atoms with Crippen LogP contribution in [0, 0.1) is 5.92 Å². The van der Waals surface area contributed by atoms with Gasteiger partial charge in [-0.25, -0.2) is 4.98 Å². The van der Waals surface area contributed by atoms with E-state index < -0.39 is 0 Å². The summed E-state index contributed by atoms with van der Waals surface area (Å²) >= 11 is 0. The lowest BCUT2D eigenvalue weighted by Gasteiger charge is -2.11. The van der Waals surface area contributed by atoms with Crippen molar-refractivity contribution in [1.29, 1.82) is 0 Å². The zero-order chi connectivity index (χ0) is 12.7. The van der Waals surface area contributed by atoms with Crippen LogP contribution in [-0.4, -0.2) is 31.8 Å². The van der Waals surface area contributed by atoms with Crippen LogP contribution in [0.5, 0.6) is 0 Å². The molecule has 1 rings (SSSR count). The lowest BCUT2D eigenvalue weighted by molar-refractivity contribution is 0.199. The number of hydrogen-bond acceptors (Lipinski definition) is 4. The van der Waals surface area contributed by atoms with Crippen molar-refractivity contribution >= 4 is 0 Å². The van der Waals surface area contributed by atoms with Crippen LogP contribution in [0.3, 0.4) is 0 Å². The summed E-state index contributed by atoms with van der Waals surface area (Å²) in [5.74, 6) is 2.82. The van der Waals surface area contributed by atoms with Gasteiger partial charge >= 0.3 is 0 Å². The summed E-state index contributed by atoms with van der Waals surface area (Å²) in [5, 5.41) is 3.27. The van der Waals surface area contributed by atoms with Crippen molar-refractivity contribution in [2.45, 2.75) is 33.1 Å². The normalized spacial score (nSPS) is 13.2. The highest BCUT2D eigenvalue weighted by Gasteiger charge is 2.14. The van der Waals surface area contributed by atoms with Gasteiger partial charge in [0.2, 0.25) is 0 Å². The third-order valence-electron chi connectivity index (χ3n) is 3.02. The predicted molar refractivity (Wildman–Crippen MR) is 68.2 cm³/mol. The molecular weight excluding hydrogens is 216 g/mol. The van der Waals surface area contributed by atoms with Crippen LogP contribution in [0.2, 0.25) is 0 Å². The highest BCUT2D eigenvalue weighted by molar-refractivity contribution is 5.01. The number of hydrogen-bond donors (Lipinski definition) is 1. The molecule has 0 fully saturated rings. The fourth-order valence-electron chi connectivity index (χ4n) is 1.47. The van der Waals surface area contributed by atoms with Crippen LogP contribution in [0.1, 0.15) is 38.3 Å². The van der Waals surface area contributed by atoms with Gasteiger partial charge in [0.25, 0.3) is 0 Å². The summed E-state index contributed by atoms with van der Waals surface area (Å²) in [7, 11) is 1.70. The second-order valence-electron chi connectivity index (χ2n) is 4.68. The van der Waals surface area contributed by atoms with E-state index in [9.17, 15) is 0 Å². The summed E-state index contributed by atoms with van der Waals surface area (Å²) in [5.41, 5.74) is 0. The van der Waals surface area contributed by atoms with Crippen LogP contribution < -0.4 is 5.32 Å². The van der Waals surface area contributed by atoms with Gasteiger partial charge in [-0.05, 0) is 5.92 Å². The van der Waals surface area contributed by atoms with Gasteiger partial charge in [-0.2, -0.15) is 0 Å². The Hall–Kier alpha value is -0.870. The molecule has 98 valence electrons. The van der Waals surface area contributed by atoms with E-state index in [1.165, 1.54) is 0 Å². The molecule has 1 N–H and O–H groups in total. The zero-order valence-electron chi connectivity index (χ0n) is 11.3. The fourth-order valence-corrected chi connectivity index (χ4v) is 1.47. The summed E-state index contributed by atoms with van der Waals surface area (Å²) < 4.78 is 10.7. The minimum Gasteiger partial charge on any atom is -0.445 e. The first-order valence-corrected chi connectivity index (χ1v) is 6.29. The Morgan fingerprint density at radius 1 is 1.35 bits per heavy atom. The quantitative estimate of drug-likeness (QED) is 0.708. The zero-order valence-corrected chi connectivity index (χ0v) is 11.3. The molecule has 0 bridgehead atoms. The molecule has 1 atom stereocenters. The minimum absolute atomic E-state index is 0.428. The van der Waals surface area contributed by atoms with Gasteiger partial charge in [0.05, 0.1) is 12.8 Å². The van der Waals surface area contributed by atoms with Crippen LogP contribution in [0.4, 0.5) is 0 Å². The number of rotatable bonds is 8. The molecule has 4 heteroatoms. The summed E-state index contributed by atoms with van der Waals surface area (Å²) in [4.78, 5) is 4.30. The monoisotopic (exact) mass is 240 g/mol. The van der Waals surface area contributed by atoms with E-state index in [0.717, 1.165) is 37.8 Å². The molecular formula is C13H24N2O2. The molecule has 1 aromatic rings. The molecule has 0 radical (unpaired) electrons. The van der Waals surface area contributed by atoms with Gasteiger partial charge in [-0.15, -0.1) is 0 Å². The summed E-state index contributed by atoms with van der Waals surface area (Å²) in [6, 6.07) is 0. The lowest BCUT2D eigenvalue weighted by Crippen LogP contribution is -2.21. The van der Waals surface area contributed by atoms with Gasteiger partial charge in [-0.3, -0.25) is 0 Å². The van der Waals surface area contributed by atoms with Crippen LogP contribution in [-0.2, 0) is 11.2 Å². The van der Waals surface area contributed by atoms with E-state index in [1.54, 1.807) is 7.11 Å². The molecule has 0 aliphatic heterocycles. The van der Waals surface area contributed by atoms with Crippen molar-refractivity contribution in [1.82, 2.24) is 10.3 Å². The molecule has 1 aromatic heterocycles. The molecule has 0 aromatic carbocycles. The number of nitrogens with zero attached hydrogens (tertiary/aromatic N) is 1. The van der Waals surface area contributed by atoms with Crippen molar-refractivity contribution < 1.29 is 9.15 Å². The average molecular weight is 240 g/mol. The van der Waals surface area contributed by atoms with E-state index in [2.05, 4.69) is 31.1 Å². The van der Waals surface area contributed by atoms with Crippen LogP contribution >= 0.6 is 0 Å². The van der Waals surface area contributed by atoms with E-state index >= 15 is 0 Å². The van der Waals surface area contributed by atoms with E-state index in [0.29, 0.717) is 11.8 Å². The Balaban J connectivity index is 2.31. The van der Waals surface area contributed by atoms with Gasteiger partial charge in [0.1, 0.15) is 5.76 Å². The first-order chi connectivity index (χ1) is 8.15. The molecule has 1 unspecified atom stereocenters. The molecule has 0 saturated heterocycles. The van der Waals surface area contributed by atoms with Gasteiger partial charge in [0, 0.05) is 32.5 Å². The summed E-state index contributed by atoms with van der Waals surface area (Å²) in [6.45, 7) is 9.04. The van der Waals surface area contributed by atoms with Crippen molar-refractivity contribution in [3.05, 3.63) is 17.8 Å². The van der Waals surface area contributed by atoms with Gasteiger partial charge in [-0.1, -0.05) is 20.8 Å². The largest absolute Gasteiger partial charge is 0.445 e. The number of nitrogens with one attached hydrogen (secondary N) is 1. The Morgan fingerprint density at radius 3 is 2.76 bits per heavy atom. The smallest absolute Gasteiger partial charge is 0.195 e. The van der Waals surface area contributed by atoms with Crippen molar-refractivity contribution in [2.75, 3.05) is 26.8 Å². The molecule has 0 aliphatic carbocycles. The van der Waals surface area contributed by atoms with E-state index in [4.69, 9.17) is 9.15 Å². The Labute approximate surface area is 104 Å². The third-order valence-corrected chi connectivity index (χ3v) is 3.02. The number of aromatic nitrogens is 1. The van der Waals surface area contributed by atoms with E-state index in [1.807, 2.05) is 6.20 Å². The second kappa shape index (κ2) is 7.45. The highest BCUT2D eigenvalue weighted by atomic mass is 16.5. The SMILES string of the molecule is COCCNCCc1ncc(C(C)C(C)C)o1. The molecule has 1 heterocycles. The van der Waals surface area contributed by atoms with Gasteiger partial charge in [0.15, 0.2) is 5.89 Å². The van der Waals surface area contributed by atoms with Crippen molar-refractivity contribution in [2.24, 2.45) is 5.92 Å². The first-order valence-electron chi connectivity index (χ1n) is 6.29.